The van der Waals surface area contributed by atoms with Gasteiger partial charge in [-0.1, -0.05) is 11.6 Å². The largest absolute Gasteiger partial charge is 0.303 e. The monoisotopic (exact) mass is 165 g/mol. The lowest BCUT2D eigenvalue weighted by molar-refractivity contribution is 0.783. The van der Waals surface area contributed by atoms with Crippen molar-refractivity contribution < 1.29 is 0 Å². The molecule has 0 aliphatic heterocycles. The second-order valence-electron chi connectivity index (χ2n) is 1.25. The molecule has 0 N–H and O–H groups in total. The Balaban J connectivity index is 3.43. The minimum absolute atomic E-state index is 0.0417. The summed E-state index contributed by atoms with van der Waals surface area (Å²) in [5.74, 6) is 0. The van der Waals surface area contributed by atoms with Gasteiger partial charge in [-0.2, -0.15) is 0 Å². The maximum atomic E-state index is 10.6. The van der Waals surface area contributed by atoms with Crippen LogP contribution in [0.2, 0.25) is 5.02 Å². The molecule has 0 fully saturated rings. The summed E-state index contributed by atoms with van der Waals surface area (Å²) >= 11 is 10.5. The predicted molar refractivity (Wildman–Crippen MR) is 32.6 cm³/mol. The summed E-state index contributed by atoms with van der Waals surface area (Å²) in [6.45, 7) is 0. The van der Waals surface area contributed by atoms with Gasteiger partial charge in [0, 0.05) is 11.8 Å². The quantitative estimate of drug-likeness (QED) is 0.556. The summed E-state index contributed by atoms with van der Waals surface area (Å²) in [5, 5.41) is 6.43. The molecule has 1 rings (SSSR count). The first-order chi connectivity index (χ1) is 4.22. The maximum absolute atomic E-state index is 10.6. The first kappa shape index (κ1) is 6.51. The Labute approximate surface area is 60.1 Å². The molecule has 0 bridgehead atoms. The Morgan fingerprint density at radius 1 is 1.67 bits per heavy atom. The van der Waals surface area contributed by atoms with Gasteiger partial charge in [0.05, 0.1) is 6.20 Å². The fourth-order valence-electron chi connectivity index (χ4n) is 0.306. The van der Waals surface area contributed by atoms with E-state index >= 15 is 0 Å². The molecule has 1 aromatic heterocycles. The molecule has 48 valence electrons. The molecular weight excluding hydrogens is 165 g/mol. The van der Waals surface area contributed by atoms with E-state index in [1.807, 2.05) is 0 Å². The summed E-state index contributed by atoms with van der Waals surface area (Å²) in [4.78, 5) is 10.6. The van der Waals surface area contributed by atoms with E-state index in [9.17, 15) is 4.79 Å². The Morgan fingerprint density at radius 3 is 2.78 bits per heavy atom. The zero-order valence-corrected chi connectivity index (χ0v) is 5.60. The van der Waals surface area contributed by atoms with Crippen molar-refractivity contribution in [3.05, 3.63) is 21.6 Å². The van der Waals surface area contributed by atoms with E-state index in [0.717, 1.165) is 6.20 Å². The van der Waals surface area contributed by atoms with Crippen LogP contribution >= 0.6 is 23.4 Å². The minimum Gasteiger partial charge on any atom is -0.265 e. The fraction of sp³-hybridized carbons (Fsp3) is 0. The van der Waals surface area contributed by atoms with Gasteiger partial charge in [-0.05, 0) is 5.21 Å². The molecule has 0 aliphatic carbocycles. The highest BCUT2D eigenvalue weighted by Gasteiger charge is 1.97. The number of hydrogen-bond acceptors (Lipinski definition) is 3. The van der Waals surface area contributed by atoms with E-state index < -0.39 is 5.56 Å². The first-order valence-electron chi connectivity index (χ1n) is 1.98. The van der Waals surface area contributed by atoms with Gasteiger partial charge in [0.1, 0.15) is 5.02 Å². The molecule has 0 saturated carbocycles. The van der Waals surface area contributed by atoms with Crippen LogP contribution in [0.15, 0.2) is 11.0 Å². The number of aromatic nitrogens is 3. The molecule has 0 aliphatic rings. The smallest absolute Gasteiger partial charge is 0.265 e. The van der Waals surface area contributed by atoms with Gasteiger partial charge in [0.2, 0.25) is 0 Å². The molecule has 0 radical (unpaired) electrons. The molecule has 0 unspecified atom stereocenters. The second kappa shape index (κ2) is 2.33. The van der Waals surface area contributed by atoms with Crippen molar-refractivity contribution >= 4 is 23.4 Å². The summed E-state index contributed by atoms with van der Waals surface area (Å²) in [5.41, 5.74) is -0.562. The highest BCUT2D eigenvalue weighted by atomic mass is 35.5. The molecule has 0 saturated heterocycles. The first-order valence-corrected chi connectivity index (χ1v) is 2.70. The highest BCUT2D eigenvalue weighted by molar-refractivity contribution is 6.30. The van der Waals surface area contributed by atoms with Crippen LogP contribution < -0.4 is 5.56 Å². The topological polar surface area (TPSA) is 47.8 Å². The molecule has 0 aromatic carbocycles. The van der Waals surface area contributed by atoms with E-state index in [2.05, 4.69) is 10.3 Å². The standard InChI is InChI=1S/C3HCl2N3O/c4-2-1-6-7-8(5)3(2)9/h1H. The van der Waals surface area contributed by atoms with Crippen molar-refractivity contribution in [2.75, 3.05) is 0 Å². The SMILES string of the molecule is O=c1c(Cl)cnnn1Cl. The Bertz CT molecular complexity index is 247. The van der Waals surface area contributed by atoms with Gasteiger partial charge in [-0.25, -0.2) is 0 Å². The lowest BCUT2D eigenvalue weighted by Crippen LogP contribution is -2.16. The van der Waals surface area contributed by atoms with Crippen LogP contribution in [0.1, 0.15) is 0 Å². The Morgan fingerprint density at radius 2 is 2.33 bits per heavy atom. The third kappa shape index (κ3) is 1.20. The van der Waals surface area contributed by atoms with Crippen molar-refractivity contribution in [3.8, 4) is 0 Å². The summed E-state index contributed by atoms with van der Waals surface area (Å²) in [6.07, 6.45) is 1.13. The molecule has 6 heteroatoms. The van der Waals surface area contributed by atoms with Crippen LogP contribution in [-0.4, -0.2) is 14.5 Å². The molecule has 1 aromatic rings. The minimum atomic E-state index is -0.562. The molecule has 4 nitrogen and oxygen atoms in total. The number of hydrogen-bond donors (Lipinski definition) is 0. The van der Waals surface area contributed by atoms with Crippen molar-refractivity contribution in [1.29, 1.82) is 0 Å². The van der Waals surface area contributed by atoms with Crippen molar-refractivity contribution in [2.24, 2.45) is 0 Å². The van der Waals surface area contributed by atoms with Crippen molar-refractivity contribution in [2.45, 2.75) is 0 Å². The molecule has 9 heavy (non-hydrogen) atoms. The average Bonchev–Trinajstić information content (AvgIpc) is 1.83. The van der Waals surface area contributed by atoms with E-state index in [4.69, 9.17) is 23.4 Å². The van der Waals surface area contributed by atoms with Gasteiger partial charge in [-0.15, -0.1) is 9.30 Å². The van der Waals surface area contributed by atoms with E-state index in [-0.39, 0.29) is 5.02 Å². The lowest BCUT2D eigenvalue weighted by Gasteiger charge is -1.87. The second-order valence-corrected chi connectivity index (χ2v) is 1.97. The van der Waals surface area contributed by atoms with Crippen molar-refractivity contribution in [1.82, 2.24) is 14.5 Å². The average molecular weight is 166 g/mol. The maximum Gasteiger partial charge on any atom is 0.303 e. The van der Waals surface area contributed by atoms with Gasteiger partial charge in [-0.3, -0.25) is 4.79 Å². The zero-order chi connectivity index (χ0) is 6.85. The van der Waals surface area contributed by atoms with E-state index in [1.54, 1.807) is 0 Å². The van der Waals surface area contributed by atoms with Crippen LogP contribution in [-0.2, 0) is 0 Å². The van der Waals surface area contributed by atoms with Gasteiger partial charge >= 0.3 is 5.56 Å². The number of halogens is 2. The summed E-state index contributed by atoms with van der Waals surface area (Å²) in [7, 11) is 0. The van der Waals surface area contributed by atoms with Crippen LogP contribution in [0.3, 0.4) is 0 Å². The third-order valence-corrected chi connectivity index (χ3v) is 1.15. The molecule has 0 amide bonds. The lowest BCUT2D eigenvalue weighted by atomic mass is 10.7. The predicted octanol–water partition coefficient (Wildman–Crippen LogP) is 0.294. The molecule has 1 heterocycles. The van der Waals surface area contributed by atoms with Gasteiger partial charge in [0.15, 0.2) is 0 Å². The van der Waals surface area contributed by atoms with E-state index in [1.165, 1.54) is 0 Å². The molecule has 0 spiro atoms. The fourth-order valence-corrected chi connectivity index (χ4v) is 0.603. The highest BCUT2D eigenvalue weighted by Crippen LogP contribution is 1.93. The Kier molecular flexibility index (Phi) is 1.68. The summed E-state index contributed by atoms with van der Waals surface area (Å²) in [6, 6.07) is 0. The number of nitrogens with zero attached hydrogens (tertiary/aromatic N) is 3. The van der Waals surface area contributed by atoms with Crippen LogP contribution in [0.4, 0.5) is 0 Å². The number of rotatable bonds is 0. The van der Waals surface area contributed by atoms with Crippen LogP contribution in [0.25, 0.3) is 0 Å². The van der Waals surface area contributed by atoms with Gasteiger partial charge < -0.3 is 0 Å². The zero-order valence-electron chi connectivity index (χ0n) is 4.08. The normalized spacial score (nSPS) is 9.56. The van der Waals surface area contributed by atoms with Crippen LogP contribution in [0, 0.1) is 0 Å². The molecular formula is C3HCl2N3O. The Hall–Kier alpha value is -0.610. The third-order valence-electron chi connectivity index (χ3n) is 0.673. The van der Waals surface area contributed by atoms with Gasteiger partial charge in [0.25, 0.3) is 0 Å². The molecule has 0 atom stereocenters. The summed E-state index contributed by atoms with van der Waals surface area (Å²) < 4.78 is 0.544. The van der Waals surface area contributed by atoms with E-state index in [0.29, 0.717) is 4.20 Å². The van der Waals surface area contributed by atoms with Crippen LogP contribution in [0.5, 0.6) is 0 Å². The van der Waals surface area contributed by atoms with Crippen molar-refractivity contribution in [3.63, 3.8) is 0 Å².